The number of rotatable bonds is 6. The number of hydrogen-bond acceptors (Lipinski definition) is 3. The molecule has 0 heterocycles. The fraction of sp³-hybridized carbons (Fsp3) is 0.733. The number of nitrogens with two attached hydrogens (primary N) is 1. The van der Waals surface area contributed by atoms with Crippen LogP contribution in [0.3, 0.4) is 0 Å². The minimum absolute atomic E-state index is 0.441. The first-order valence-electron chi connectivity index (χ1n) is 7.36. The summed E-state index contributed by atoms with van der Waals surface area (Å²) in [7, 11) is 0. The van der Waals surface area contributed by atoms with E-state index >= 15 is 0 Å². The van der Waals surface area contributed by atoms with E-state index < -0.39 is 72.4 Å². The number of alkyl halides is 4. The van der Waals surface area contributed by atoms with Gasteiger partial charge in [-0.15, -0.1) is 0 Å². The molecule has 0 saturated carbocycles. The van der Waals surface area contributed by atoms with Gasteiger partial charge in [-0.1, -0.05) is 13.0 Å². The van der Waals surface area contributed by atoms with E-state index in [1.165, 1.54) is 6.92 Å². The van der Waals surface area contributed by atoms with Gasteiger partial charge in [-0.25, -0.2) is 4.39 Å². The Balaban J connectivity index is 3.08. The smallest absolute Gasteiger partial charge is 0.412 e. The molecular weight excluding hydrogens is 334 g/mol. The molecule has 0 aromatic rings. The van der Waals surface area contributed by atoms with Gasteiger partial charge in [0.15, 0.2) is 0 Å². The minimum atomic E-state index is -4.62. The maximum Gasteiger partial charge on any atom is 0.412 e. The van der Waals surface area contributed by atoms with Crippen LogP contribution < -0.4 is 5.73 Å². The van der Waals surface area contributed by atoms with Crippen LogP contribution in [0.15, 0.2) is 11.6 Å². The zero-order valence-corrected chi connectivity index (χ0v) is 13.4. The van der Waals surface area contributed by atoms with Crippen molar-refractivity contribution in [3.8, 4) is 0 Å². The monoisotopic (exact) mass is 355 g/mol. The van der Waals surface area contributed by atoms with Crippen molar-refractivity contribution < 1.29 is 37.4 Å². The molecule has 0 radical (unpaired) electrons. The Bertz CT molecular complexity index is 544. The van der Waals surface area contributed by atoms with Crippen molar-refractivity contribution in [1.29, 1.82) is 0 Å². The minimum Gasteiger partial charge on any atom is -0.481 e. The summed E-state index contributed by atoms with van der Waals surface area (Å²) >= 11 is 0. The predicted molar refractivity (Wildman–Crippen MR) is 77.0 cm³/mol. The van der Waals surface area contributed by atoms with Gasteiger partial charge in [0.2, 0.25) is 0 Å². The van der Waals surface area contributed by atoms with Gasteiger partial charge in [-0.3, -0.25) is 9.59 Å². The first-order chi connectivity index (χ1) is 10.7. The number of carboxylic acids is 2. The van der Waals surface area contributed by atoms with Gasteiger partial charge in [0, 0.05) is 17.4 Å². The number of carboxylic acid groups (broad SMARTS) is 2. The van der Waals surface area contributed by atoms with Crippen molar-refractivity contribution in [3.63, 3.8) is 0 Å². The maximum absolute atomic E-state index is 14.8. The Morgan fingerprint density at radius 2 is 1.83 bits per heavy atom. The summed E-state index contributed by atoms with van der Waals surface area (Å²) in [6.45, 7) is 2.39. The van der Waals surface area contributed by atoms with E-state index in [2.05, 4.69) is 0 Å². The Labute approximate surface area is 136 Å². The molecule has 0 aromatic heterocycles. The normalized spacial score (nSPS) is 30.4. The lowest BCUT2D eigenvalue weighted by atomic mass is 9.62. The number of carbonyl (C=O) groups is 2. The summed E-state index contributed by atoms with van der Waals surface area (Å²) in [4.78, 5) is 22.1. The number of allylic oxidation sites excluding steroid dienone is 2. The van der Waals surface area contributed by atoms with Crippen molar-refractivity contribution in [2.75, 3.05) is 0 Å². The first kappa shape index (κ1) is 20.4. The molecule has 4 unspecified atom stereocenters. The standard InChI is InChI=1S/C15H21F4NO4/c1-13(6-8(11(21)22)5-10(20)12(23)24)7-9(15(17,18)19)3-4-14(13,2)16/h3,8,10H,4-7,20H2,1-2H3,(H,21,22)(H,23,24). The molecule has 9 heteroatoms. The average Bonchev–Trinajstić information content (AvgIpc) is 2.39. The van der Waals surface area contributed by atoms with Crippen LogP contribution in [-0.4, -0.2) is 40.0 Å². The topological polar surface area (TPSA) is 101 Å². The third-order valence-electron chi connectivity index (χ3n) is 4.84. The molecule has 0 amide bonds. The SMILES string of the molecule is CC1(F)CC=C(C(F)(F)F)CC1(C)CC(CC(N)C(=O)O)C(=O)O. The molecule has 0 spiro atoms. The fourth-order valence-electron chi connectivity index (χ4n) is 2.96. The highest BCUT2D eigenvalue weighted by Crippen LogP contribution is 2.53. The molecule has 4 N–H and O–H groups in total. The van der Waals surface area contributed by atoms with Crippen molar-refractivity contribution in [2.24, 2.45) is 17.1 Å². The van der Waals surface area contributed by atoms with Crippen LogP contribution >= 0.6 is 0 Å². The predicted octanol–water partition coefficient (Wildman–Crippen LogP) is 2.90. The molecule has 4 atom stereocenters. The maximum atomic E-state index is 14.8. The van der Waals surface area contributed by atoms with E-state index in [4.69, 9.17) is 10.8 Å². The zero-order valence-electron chi connectivity index (χ0n) is 13.4. The Kier molecular flexibility index (Phi) is 5.69. The zero-order chi connectivity index (χ0) is 18.9. The van der Waals surface area contributed by atoms with Crippen LogP contribution in [0.1, 0.15) is 39.5 Å². The summed E-state index contributed by atoms with van der Waals surface area (Å²) in [5, 5.41) is 18.0. The first-order valence-corrected chi connectivity index (χ1v) is 7.36. The number of halogens is 4. The highest BCUT2D eigenvalue weighted by Gasteiger charge is 2.53. The van der Waals surface area contributed by atoms with Gasteiger partial charge < -0.3 is 15.9 Å². The van der Waals surface area contributed by atoms with Gasteiger partial charge >= 0.3 is 18.1 Å². The molecule has 0 bridgehead atoms. The van der Waals surface area contributed by atoms with Gasteiger partial charge in [0.25, 0.3) is 0 Å². The quantitative estimate of drug-likeness (QED) is 0.502. The Morgan fingerprint density at radius 1 is 1.29 bits per heavy atom. The van der Waals surface area contributed by atoms with E-state index in [0.717, 1.165) is 13.0 Å². The molecule has 138 valence electrons. The van der Waals surface area contributed by atoms with Crippen LogP contribution in [0, 0.1) is 11.3 Å². The molecule has 1 aliphatic rings. The summed E-state index contributed by atoms with van der Waals surface area (Å²) in [6, 6.07) is -1.48. The second-order valence-electron chi connectivity index (χ2n) is 6.79. The molecule has 1 aliphatic carbocycles. The lowest BCUT2D eigenvalue weighted by Gasteiger charge is -2.45. The fourth-order valence-corrected chi connectivity index (χ4v) is 2.96. The average molecular weight is 355 g/mol. The number of aliphatic carboxylic acids is 2. The molecule has 1 rings (SSSR count). The Hall–Kier alpha value is -1.64. The van der Waals surface area contributed by atoms with E-state index in [9.17, 15) is 32.3 Å². The van der Waals surface area contributed by atoms with Gasteiger partial charge in [0.1, 0.15) is 11.7 Å². The van der Waals surface area contributed by atoms with Crippen LogP contribution in [0.2, 0.25) is 0 Å². The third-order valence-corrected chi connectivity index (χ3v) is 4.84. The third kappa shape index (κ3) is 4.46. The second kappa shape index (κ2) is 6.70. The van der Waals surface area contributed by atoms with Crippen molar-refractivity contribution in [3.05, 3.63) is 11.6 Å². The van der Waals surface area contributed by atoms with Crippen molar-refractivity contribution in [2.45, 2.75) is 57.4 Å². The molecule has 0 aliphatic heterocycles. The summed E-state index contributed by atoms with van der Waals surface area (Å²) in [5.74, 6) is -4.19. The van der Waals surface area contributed by atoms with E-state index in [-0.39, 0.29) is 0 Å². The number of hydrogen-bond donors (Lipinski definition) is 3. The van der Waals surface area contributed by atoms with Crippen LogP contribution in [0.5, 0.6) is 0 Å². The lowest BCUT2D eigenvalue weighted by molar-refractivity contribution is -0.146. The highest BCUT2D eigenvalue weighted by molar-refractivity contribution is 5.75. The van der Waals surface area contributed by atoms with Crippen molar-refractivity contribution in [1.82, 2.24) is 0 Å². The lowest BCUT2D eigenvalue weighted by Crippen LogP contribution is -2.47. The summed E-state index contributed by atoms with van der Waals surface area (Å²) in [5.41, 5.74) is 0.767. The van der Waals surface area contributed by atoms with Crippen LogP contribution in [-0.2, 0) is 9.59 Å². The molecule has 0 aromatic carbocycles. The van der Waals surface area contributed by atoms with E-state index in [1.807, 2.05) is 0 Å². The molecule has 0 fully saturated rings. The summed E-state index contributed by atoms with van der Waals surface area (Å²) < 4.78 is 53.7. The molecule has 0 saturated heterocycles. The summed E-state index contributed by atoms with van der Waals surface area (Å²) in [6.07, 6.45) is -5.91. The van der Waals surface area contributed by atoms with Gasteiger partial charge in [-0.05, 0) is 26.2 Å². The Morgan fingerprint density at radius 3 is 2.25 bits per heavy atom. The van der Waals surface area contributed by atoms with Crippen molar-refractivity contribution >= 4 is 11.9 Å². The largest absolute Gasteiger partial charge is 0.481 e. The molecular formula is C15H21F4NO4. The van der Waals surface area contributed by atoms with Crippen LogP contribution in [0.25, 0.3) is 0 Å². The molecule has 24 heavy (non-hydrogen) atoms. The molecule has 5 nitrogen and oxygen atoms in total. The van der Waals surface area contributed by atoms with Gasteiger partial charge in [0.05, 0.1) is 5.92 Å². The second-order valence-corrected chi connectivity index (χ2v) is 6.79. The highest BCUT2D eigenvalue weighted by atomic mass is 19.4. The van der Waals surface area contributed by atoms with E-state index in [1.54, 1.807) is 0 Å². The van der Waals surface area contributed by atoms with E-state index in [0.29, 0.717) is 0 Å². The van der Waals surface area contributed by atoms with Crippen LogP contribution in [0.4, 0.5) is 17.6 Å². The van der Waals surface area contributed by atoms with Gasteiger partial charge in [-0.2, -0.15) is 13.2 Å².